The molecule has 1 aliphatic rings. The molecule has 2 rings (SSSR count). The monoisotopic (exact) mass is 308 g/mol. The summed E-state index contributed by atoms with van der Waals surface area (Å²) in [6, 6.07) is 5.86. The molecule has 1 aromatic carbocycles. The third kappa shape index (κ3) is 4.27. The molecule has 0 radical (unpaired) electrons. The van der Waals surface area contributed by atoms with Gasteiger partial charge in [-0.2, -0.15) is 0 Å². The number of aliphatic hydroxyl groups is 1. The zero-order valence-corrected chi connectivity index (χ0v) is 12.6. The maximum Gasteiger partial charge on any atom is 0.241 e. The SMILES string of the molecule is CC(=O)NCC(=O)N1CCC(C(O)c2ccc(F)cc2)CC1. The molecule has 1 heterocycles. The van der Waals surface area contributed by atoms with Gasteiger partial charge >= 0.3 is 0 Å². The first-order valence-electron chi connectivity index (χ1n) is 7.43. The van der Waals surface area contributed by atoms with Crippen molar-refractivity contribution >= 4 is 11.8 Å². The number of hydrogen-bond acceptors (Lipinski definition) is 3. The summed E-state index contributed by atoms with van der Waals surface area (Å²) >= 11 is 0. The van der Waals surface area contributed by atoms with Crippen molar-refractivity contribution < 1.29 is 19.1 Å². The van der Waals surface area contributed by atoms with Crippen LogP contribution < -0.4 is 5.32 Å². The van der Waals surface area contributed by atoms with Crippen molar-refractivity contribution in [2.45, 2.75) is 25.9 Å². The van der Waals surface area contributed by atoms with E-state index in [1.165, 1.54) is 19.1 Å². The summed E-state index contributed by atoms with van der Waals surface area (Å²) in [6.07, 6.45) is 0.725. The summed E-state index contributed by atoms with van der Waals surface area (Å²) in [7, 11) is 0. The number of amides is 2. The van der Waals surface area contributed by atoms with Gasteiger partial charge in [0.1, 0.15) is 5.82 Å². The molecular weight excluding hydrogens is 287 g/mol. The smallest absolute Gasteiger partial charge is 0.241 e. The van der Waals surface area contributed by atoms with Gasteiger partial charge in [-0.25, -0.2) is 4.39 Å². The maximum atomic E-state index is 12.9. The number of halogens is 1. The summed E-state index contributed by atoms with van der Waals surface area (Å²) in [5, 5.41) is 12.8. The molecule has 1 saturated heterocycles. The number of nitrogens with one attached hydrogen (secondary N) is 1. The van der Waals surface area contributed by atoms with Crippen molar-refractivity contribution in [2.24, 2.45) is 5.92 Å². The molecule has 1 atom stereocenters. The van der Waals surface area contributed by atoms with Gasteiger partial charge in [0.2, 0.25) is 11.8 Å². The third-order valence-electron chi connectivity index (χ3n) is 4.04. The number of benzene rings is 1. The Morgan fingerprint density at radius 1 is 1.32 bits per heavy atom. The normalized spacial score (nSPS) is 17.1. The van der Waals surface area contributed by atoms with Gasteiger partial charge in [0.05, 0.1) is 12.6 Å². The van der Waals surface area contributed by atoms with E-state index >= 15 is 0 Å². The Balaban J connectivity index is 1.85. The standard InChI is InChI=1S/C16H21FN2O3/c1-11(20)18-10-15(21)19-8-6-13(7-9-19)16(22)12-2-4-14(17)5-3-12/h2-5,13,16,22H,6-10H2,1H3,(H,18,20). The molecule has 0 aromatic heterocycles. The molecule has 1 aliphatic heterocycles. The van der Waals surface area contributed by atoms with E-state index in [9.17, 15) is 19.1 Å². The average Bonchev–Trinajstić information content (AvgIpc) is 2.53. The molecular formula is C16H21FN2O3. The fourth-order valence-corrected chi connectivity index (χ4v) is 2.71. The van der Waals surface area contributed by atoms with Crippen molar-refractivity contribution in [3.63, 3.8) is 0 Å². The average molecular weight is 308 g/mol. The second-order valence-corrected chi connectivity index (χ2v) is 5.62. The predicted molar refractivity (Wildman–Crippen MR) is 79.3 cm³/mol. The van der Waals surface area contributed by atoms with Gasteiger partial charge in [0.15, 0.2) is 0 Å². The topological polar surface area (TPSA) is 69.6 Å². The number of aliphatic hydroxyl groups excluding tert-OH is 1. The first-order chi connectivity index (χ1) is 10.5. The Labute approximate surface area is 129 Å². The Hall–Kier alpha value is -1.95. The van der Waals surface area contributed by atoms with Crippen LogP contribution in [0.1, 0.15) is 31.4 Å². The van der Waals surface area contributed by atoms with E-state index in [2.05, 4.69) is 5.32 Å². The predicted octanol–water partition coefficient (Wildman–Crippen LogP) is 1.23. The molecule has 6 heteroatoms. The van der Waals surface area contributed by atoms with Crippen LogP contribution in [-0.2, 0) is 9.59 Å². The molecule has 1 aromatic rings. The fourth-order valence-electron chi connectivity index (χ4n) is 2.71. The summed E-state index contributed by atoms with van der Waals surface area (Å²) < 4.78 is 12.9. The van der Waals surface area contributed by atoms with E-state index in [-0.39, 0.29) is 30.1 Å². The van der Waals surface area contributed by atoms with Crippen LogP contribution in [-0.4, -0.2) is 41.5 Å². The van der Waals surface area contributed by atoms with Crippen LogP contribution in [0.15, 0.2) is 24.3 Å². The largest absolute Gasteiger partial charge is 0.388 e. The van der Waals surface area contributed by atoms with Gasteiger partial charge in [0.25, 0.3) is 0 Å². The Morgan fingerprint density at radius 3 is 2.45 bits per heavy atom. The van der Waals surface area contributed by atoms with Crippen LogP contribution in [0.5, 0.6) is 0 Å². The number of piperidine rings is 1. The second kappa shape index (κ2) is 7.35. The summed E-state index contributed by atoms with van der Waals surface area (Å²) in [5.74, 6) is -0.607. The van der Waals surface area contributed by atoms with Crippen molar-refractivity contribution in [1.29, 1.82) is 0 Å². The minimum Gasteiger partial charge on any atom is -0.388 e. The van der Waals surface area contributed by atoms with Gasteiger partial charge in [-0.1, -0.05) is 12.1 Å². The lowest BCUT2D eigenvalue weighted by Gasteiger charge is -2.34. The number of hydrogen-bond donors (Lipinski definition) is 2. The first kappa shape index (κ1) is 16.4. The third-order valence-corrected chi connectivity index (χ3v) is 4.04. The van der Waals surface area contributed by atoms with Crippen molar-refractivity contribution in [3.8, 4) is 0 Å². The Kier molecular flexibility index (Phi) is 5.49. The molecule has 22 heavy (non-hydrogen) atoms. The van der Waals surface area contributed by atoms with Crippen LogP contribution in [0.2, 0.25) is 0 Å². The number of likely N-dealkylation sites (tertiary alicyclic amines) is 1. The highest BCUT2D eigenvalue weighted by atomic mass is 19.1. The quantitative estimate of drug-likeness (QED) is 0.879. The summed E-state index contributed by atoms with van der Waals surface area (Å²) in [6.45, 7) is 2.50. The number of nitrogens with zero attached hydrogens (tertiary/aromatic N) is 1. The molecule has 2 N–H and O–H groups in total. The molecule has 5 nitrogen and oxygen atoms in total. The highest BCUT2D eigenvalue weighted by molar-refractivity contribution is 5.83. The minimum absolute atomic E-state index is 0.0144. The lowest BCUT2D eigenvalue weighted by Crippen LogP contribution is -2.44. The lowest BCUT2D eigenvalue weighted by atomic mass is 9.87. The van der Waals surface area contributed by atoms with Crippen LogP contribution in [0.25, 0.3) is 0 Å². The number of rotatable bonds is 4. The van der Waals surface area contributed by atoms with Crippen molar-refractivity contribution in [3.05, 3.63) is 35.6 Å². The fraction of sp³-hybridized carbons (Fsp3) is 0.500. The molecule has 2 amide bonds. The van der Waals surface area contributed by atoms with E-state index in [1.54, 1.807) is 17.0 Å². The molecule has 0 bridgehead atoms. The number of carbonyl (C=O) groups is 2. The zero-order valence-electron chi connectivity index (χ0n) is 12.6. The minimum atomic E-state index is -0.645. The molecule has 0 saturated carbocycles. The van der Waals surface area contributed by atoms with E-state index in [0.717, 1.165) is 0 Å². The maximum absolute atomic E-state index is 12.9. The van der Waals surface area contributed by atoms with Crippen LogP contribution in [0.3, 0.4) is 0 Å². The number of carbonyl (C=O) groups excluding carboxylic acids is 2. The highest BCUT2D eigenvalue weighted by Crippen LogP contribution is 2.30. The van der Waals surface area contributed by atoms with E-state index < -0.39 is 6.10 Å². The lowest BCUT2D eigenvalue weighted by molar-refractivity contribution is -0.134. The van der Waals surface area contributed by atoms with Crippen LogP contribution in [0, 0.1) is 11.7 Å². The molecule has 1 unspecified atom stereocenters. The molecule has 0 aliphatic carbocycles. The Bertz CT molecular complexity index is 525. The first-order valence-corrected chi connectivity index (χ1v) is 7.43. The van der Waals surface area contributed by atoms with E-state index in [4.69, 9.17) is 0 Å². The summed E-state index contributed by atoms with van der Waals surface area (Å²) in [4.78, 5) is 24.4. The zero-order chi connectivity index (χ0) is 16.1. The van der Waals surface area contributed by atoms with Crippen molar-refractivity contribution in [1.82, 2.24) is 10.2 Å². The van der Waals surface area contributed by atoms with E-state index in [0.29, 0.717) is 31.5 Å². The molecule has 120 valence electrons. The Morgan fingerprint density at radius 2 is 1.91 bits per heavy atom. The second-order valence-electron chi connectivity index (χ2n) is 5.62. The van der Waals surface area contributed by atoms with E-state index in [1.807, 2.05) is 0 Å². The van der Waals surface area contributed by atoms with Crippen LogP contribution in [0.4, 0.5) is 4.39 Å². The summed E-state index contributed by atoms with van der Waals surface area (Å²) in [5.41, 5.74) is 0.699. The van der Waals surface area contributed by atoms with Gasteiger partial charge in [-0.15, -0.1) is 0 Å². The van der Waals surface area contributed by atoms with Crippen molar-refractivity contribution in [2.75, 3.05) is 19.6 Å². The van der Waals surface area contributed by atoms with Gasteiger partial charge in [-0.3, -0.25) is 9.59 Å². The van der Waals surface area contributed by atoms with Crippen LogP contribution >= 0.6 is 0 Å². The molecule has 0 spiro atoms. The van der Waals surface area contributed by atoms with Gasteiger partial charge < -0.3 is 15.3 Å². The van der Waals surface area contributed by atoms with Gasteiger partial charge in [0, 0.05) is 20.0 Å². The van der Waals surface area contributed by atoms with Gasteiger partial charge in [-0.05, 0) is 36.5 Å². The highest BCUT2D eigenvalue weighted by Gasteiger charge is 2.28. The molecule has 1 fully saturated rings.